The molecule has 0 fully saturated rings. The average molecular weight is 408 g/mol. The van der Waals surface area contributed by atoms with Crippen molar-refractivity contribution in [2.75, 3.05) is 6.54 Å². The molecule has 0 bridgehead atoms. The third-order valence-corrected chi connectivity index (χ3v) is 3.89. The third kappa shape index (κ3) is 6.92. The molecule has 0 spiro atoms. The van der Waals surface area contributed by atoms with E-state index in [4.69, 9.17) is 27.9 Å². The first-order chi connectivity index (χ1) is 13.0. The Kier molecular flexibility index (Phi) is 8.10. The van der Waals surface area contributed by atoms with Crippen LogP contribution in [-0.4, -0.2) is 24.6 Å². The Bertz CT molecular complexity index is 841. The Morgan fingerprint density at radius 2 is 1.96 bits per heavy atom. The fraction of sp³-hybridized carbons (Fsp3) is 0.211. The summed E-state index contributed by atoms with van der Waals surface area (Å²) >= 11 is 12.2. The average Bonchev–Trinajstić information content (AvgIpc) is 2.65. The van der Waals surface area contributed by atoms with E-state index in [9.17, 15) is 9.59 Å². The van der Waals surface area contributed by atoms with Crippen LogP contribution in [0.3, 0.4) is 0 Å². The van der Waals surface area contributed by atoms with Crippen LogP contribution in [0.15, 0.2) is 47.6 Å². The number of amides is 2. The molecular formula is C19H19Cl2N3O3. The molecule has 2 aromatic rings. The van der Waals surface area contributed by atoms with E-state index in [0.717, 1.165) is 12.0 Å². The fourth-order valence-electron chi connectivity index (χ4n) is 2.04. The number of nitrogens with one attached hydrogen (secondary N) is 2. The summed E-state index contributed by atoms with van der Waals surface area (Å²) in [5.74, 6) is -1.04. The Hall–Kier alpha value is -2.57. The molecule has 2 aromatic carbocycles. The maximum Gasteiger partial charge on any atom is 0.329 e. The fourth-order valence-corrected chi connectivity index (χ4v) is 2.49. The van der Waals surface area contributed by atoms with Crippen molar-refractivity contribution in [3.05, 3.63) is 63.6 Å². The molecule has 6 nitrogen and oxygen atoms in total. The standard InChI is InChI=1S/C19H19Cl2N3O3/c1-2-8-22-18(25)19(26)24-23-11-13-6-7-17(16(21)10-13)27-12-14-4-3-5-15(20)9-14/h3-7,9-11H,2,8,12H2,1H3,(H,22,25)(H,24,26)/b23-11-. The topological polar surface area (TPSA) is 79.8 Å². The zero-order valence-corrected chi connectivity index (χ0v) is 16.2. The molecule has 2 N–H and O–H groups in total. The van der Waals surface area contributed by atoms with Gasteiger partial charge in [-0.2, -0.15) is 5.10 Å². The van der Waals surface area contributed by atoms with Crippen molar-refractivity contribution in [1.82, 2.24) is 10.7 Å². The number of benzene rings is 2. The first kappa shape index (κ1) is 20.7. The first-order valence-corrected chi connectivity index (χ1v) is 9.03. The minimum absolute atomic E-state index is 0.330. The number of nitrogens with zero attached hydrogens (tertiary/aromatic N) is 1. The highest BCUT2D eigenvalue weighted by molar-refractivity contribution is 6.35. The molecule has 2 rings (SSSR count). The first-order valence-electron chi connectivity index (χ1n) is 8.27. The largest absolute Gasteiger partial charge is 0.487 e. The Morgan fingerprint density at radius 1 is 1.15 bits per heavy atom. The summed E-state index contributed by atoms with van der Waals surface area (Å²) in [7, 11) is 0. The van der Waals surface area contributed by atoms with Crippen LogP contribution in [0.1, 0.15) is 24.5 Å². The predicted octanol–water partition coefficient (Wildman–Crippen LogP) is 3.55. The highest BCUT2D eigenvalue weighted by Gasteiger charge is 2.10. The Labute approximate surface area is 167 Å². The quantitative estimate of drug-likeness (QED) is 0.418. The molecule has 2 amide bonds. The second-order valence-corrected chi connectivity index (χ2v) is 6.41. The lowest BCUT2D eigenvalue weighted by Crippen LogP contribution is -2.38. The van der Waals surface area contributed by atoms with Crippen molar-refractivity contribution in [2.24, 2.45) is 5.10 Å². The number of carbonyl (C=O) groups excluding carboxylic acids is 2. The smallest absolute Gasteiger partial charge is 0.329 e. The minimum Gasteiger partial charge on any atom is -0.487 e. The van der Waals surface area contributed by atoms with Gasteiger partial charge in [0.05, 0.1) is 11.2 Å². The van der Waals surface area contributed by atoms with Gasteiger partial charge in [-0.1, -0.05) is 42.3 Å². The van der Waals surface area contributed by atoms with Gasteiger partial charge in [0.2, 0.25) is 0 Å². The van der Waals surface area contributed by atoms with Gasteiger partial charge in [0.25, 0.3) is 0 Å². The number of carbonyl (C=O) groups is 2. The van der Waals surface area contributed by atoms with E-state index in [1.54, 1.807) is 24.3 Å². The molecule has 0 aliphatic carbocycles. The van der Waals surface area contributed by atoms with E-state index in [0.29, 0.717) is 34.5 Å². The minimum atomic E-state index is -0.827. The van der Waals surface area contributed by atoms with Crippen LogP contribution >= 0.6 is 23.2 Å². The van der Waals surface area contributed by atoms with E-state index < -0.39 is 11.8 Å². The lowest BCUT2D eigenvalue weighted by atomic mass is 10.2. The van der Waals surface area contributed by atoms with Gasteiger partial charge >= 0.3 is 11.8 Å². The van der Waals surface area contributed by atoms with Crippen LogP contribution in [0.2, 0.25) is 10.0 Å². The highest BCUT2D eigenvalue weighted by Crippen LogP contribution is 2.26. The summed E-state index contributed by atoms with van der Waals surface area (Å²) in [5, 5.41) is 7.24. The molecule has 0 aliphatic heterocycles. The van der Waals surface area contributed by atoms with E-state index >= 15 is 0 Å². The molecule has 0 aliphatic rings. The van der Waals surface area contributed by atoms with Gasteiger partial charge < -0.3 is 10.1 Å². The zero-order chi connectivity index (χ0) is 19.6. The van der Waals surface area contributed by atoms with Crippen LogP contribution in [0.4, 0.5) is 0 Å². The lowest BCUT2D eigenvalue weighted by Gasteiger charge is -2.09. The molecule has 0 atom stereocenters. The maximum atomic E-state index is 11.5. The summed E-state index contributed by atoms with van der Waals surface area (Å²) in [6.45, 7) is 2.65. The van der Waals surface area contributed by atoms with Crippen molar-refractivity contribution in [1.29, 1.82) is 0 Å². The molecular weight excluding hydrogens is 389 g/mol. The van der Waals surface area contributed by atoms with Gasteiger partial charge in [-0.05, 0) is 47.9 Å². The lowest BCUT2D eigenvalue weighted by molar-refractivity contribution is -0.139. The molecule has 27 heavy (non-hydrogen) atoms. The molecule has 0 saturated carbocycles. The summed E-state index contributed by atoms with van der Waals surface area (Å²) in [6.07, 6.45) is 2.13. The van der Waals surface area contributed by atoms with E-state index in [2.05, 4.69) is 15.8 Å². The monoisotopic (exact) mass is 407 g/mol. The molecule has 8 heteroatoms. The summed E-state index contributed by atoms with van der Waals surface area (Å²) in [5.41, 5.74) is 3.72. The van der Waals surface area contributed by atoms with Crippen LogP contribution in [0.25, 0.3) is 0 Å². The molecule has 0 unspecified atom stereocenters. The van der Waals surface area contributed by atoms with Gasteiger partial charge in [0.1, 0.15) is 12.4 Å². The molecule has 0 aromatic heterocycles. The van der Waals surface area contributed by atoms with E-state index in [-0.39, 0.29) is 0 Å². The maximum absolute atomic E-state index is 11.5. The van der Waals surface area contributed by atoms with Crippen LogP contribution in [-0.2, 0) is 16.2 Å². The second kappa shape index (κ2) is 10.5. The number of ether oxygens (including phenoxy) is 1. The van der Waals surface area contributed by atoms with Crippen molar-refractivity contribution in [3.63, 3.8) is 0 Å². The van der Waals surface area contributed by atoms with E-state index in [1.807, 2.05) is 25.1 Å². The van der Waals surface area contributed by atoms with Gasteiger partial charge in [-0.25, -0.2) is 5.43 Å². The molecule has 0 saturated heterocycles. The number of halogens is 2. The normalized spacial score (nSPS) is 10.6. The van der Waals surface area contributed by atoms with Crippen LogP contribution in [0.5, 0.6) is 5.75 Å². The van der Waals surface area contributed by atoms with Crippen molar-refractivity contribution in [2.45, 2.75) is 20.0 Å². The molecule has 0 heterocycles. The van der Waals surface area contributed by atoms with Crippen LogP contribution in [0, 0.1) is 0 Å². The SMILES string of the molecule is CCCNC(=O)C(=O)N/N=C\c1ccc(OCc2cccc(Cl)c2)c(Cl)c1. The zero-order valence-electron chi connectivity index (χ0n) is 14.7. The molecule has 0 radical (unpaired) electrons. The predicted molar refractivity (Wildman–Crippen MR) is 106 cm³/mol. The van der Waals surface area contributed by atoms with Gasteiger partial charge in [0.15, 0.2) is 0 Å². The Balaban J connectivity index is 1.90. The summed E-state index contributed by atoms with van der Waals surface area (Å²) in [4.78, 5) is 22.9. The number of hydrogen-bond donors (Lipinski definition) is 2. The summed E-state index contributed by atoms with van der Waals surface area (Å²) < 4.78 is 5.69. The van der Waals surface area contributed by atoms with Crippen molar-refractivity contribution in [3.8, 4) is 5.75 Å². The number of rotatable bonds is 7. The van der Waals surface area contributed by atoms with Gasteiger partial charge in [0, 0.05) is 11.6 Å². The summed E-state index contributed by atoms with van der Waals surface area (Å²) in [6, 6.07) is 12.4. The van der Waals surface area contributed by atoms with Gasteiger partial charge in [-0.3, -0.25) is 9.59 Å². The number of hydrogen-bond acceptors (Lipinski definition) is 4. The second-order valence-electron chi connectivity index (χ2n) is 5.56. The Morgan fingerprint density at radius 3 is 2.67 bits per heavy atom. The third-order valence-electron chi connectivity index (χ3n) is 3.36. The van der Waals surface area contributed by atoms with Crippen LogP contribution < -0.4 is 15.5 Å². The van der Waals surface area contributed by atoms with Crippen molar-refractivity contribution >= 4 is 41.2 Å². The number of hydrazone groups is 1. The van der Waals surface area contributed by atoms with Gasteiger partial charge in [-0.15, -0.1) is 0 Å². The molecule has 142 valence electrons. The van der Waals surface area contributed by atoms with E-state index in [1.165, 1.54) is 6.21 Å². The van der Waals surface area contributed by atoms with Crippen molar-refractivity contribution < 1.29 is 14.3 Å². The highest BCUT2D eigenvalue weighted by atomic mass is 35.5.